The second-order valence-electron chi connectivity index (χ2n) is 3.38. The van der Waals surface area contributed by atoms with Crippen molar-refractivity contribution in [3.8, 4) is 0 Å². The second kappa shape index (κ2) is 5.24. The van der Waals surface area contributed by atoms with Crippen LogP contribution in [-0.4, -0.2) is 12.1 Å². The maximum Gasteiger partial charge on any atom is 0.319 e. The number of carbonyl (C=O) groups excluding carboxylic acids is 1. The molecule has 0 aliphatic carbocycles. The van der Waals surface area contributed by atoms with Crippen LogP contribution in [0.15, 0.2) is 18.2 Å². The van der Waals surface area contributed by atoms with Gasteiger partial charge in [-0.1, -0.05) is 23.2 Å². The van der Waals surface area contributed by atoms with Gasteiger partial charge in [0.15, 0.2) is 0 Å². The van der Waals surface area contributed by atoms with E-state index in [1.165, 1.54) is 0 Å². The molecule has 5 heteroatoms. The van der Waals surface area contributed by atoms with Crippen LogP contribution >= 0.6 is 23.2 Å². The van der Waals surface area contributed by atoms with Gasteiger partial charge in [-0.2, -0.15) is 0 Å². The molecular weight excluding hydrogens is 235 g/mol. The van der Waals surface area contributed by atoms with Crippen molar-refractivity contribution in [1.82, 2.24) is 5.32 Å². The highest BCUT2D eigenvalue weighted by Gasteiger charge is 2.06. The fraction of sp³-hybridized carbons (Fsp3) is 0.300. The van der Waals surface area contributed by atoms with Crippen LogP contribution < -0.4 is 10.6 Å². The van der Waals surface area contributed by atoms with E-state index in [-0.39, 0.29) is 12.1 Å². The zero-order chi connectivity index (χ0) is 11.4. The summed E-state index contributed by atoms with van der Waals surface area (Å²) in [6.07, 6.45) is 0. The minimum atomic E-state index is -0.283. The smallest absolute Gasteiger partial charge is 0.319 e. The summed E-state index contributed by atoms with van der Waals surface area (Å²) in [7, 11) is 0. The molecule has 2 N–H and O–H groups in total. The molecule has 1 rings (SSSR count). The first-order chi connectivity index (χ1) is 6.99. The molecule has 0 aromatic heterocycles. The molecule has 82 valence electrons. The summed E-state index contributed by atoms with van der Waals surface area (Å²) < 4.78 is 0. The van der Waals surface area contributed by atoms with E-state index in [0.717, 1.165) is 0 Å². The van der Waals surface area contributed by atoms with Crippen molar-refractivity contribution in [2.45, 2.75) is 19.9 Å². The van der Waals surface area contributed by atoms with Crippen LogP contribution in [0.3, 0.4) is 0 Å². The summed E-state index contributed by atoms with van der Waals surface area (Å²) in [5.41, 5.74) is 0.541. The first kappa shape index (κ1) is 12.1. The molecule has 1 aromatic rings. The highest BCUT2D eigenvalue weighted by molar-refractivity contribution is 6.36. The standard InChI is InChI=1S/C10H12Cl2N2O/c1-6(2)13-10(15)14-9-4-3-7(11)5-8(9)12/h3-6H,1-2H3,(H2,13,14,15). The second-order valence-corrected chi connectivity index (χ2v) is 4.22. The molecule has 2 amide bonds. The van der Waals surface area contributed by atoms with Crippen LogP contribution in [0.25, 0.3) is 0 Å². The number of benzene rings is 1. The third-order valence-electron chi connectivity index (χ3n) is 1.60. The van der Waals surface area contributed by atoms with Crippen molar-refractivity contribution in [1.29, 1.82) is 0 Å². The van der Waals surface area contributed by atoms with Gasteiger partial charge >= 0.3 is 6.03 Å². The molecule has 1 aromatic carbocycles. The number of halogens is 2. The number of rotatable bonds is 2. The monoisotopic (exact) mass is 246 g/mol. The molecule has 0 fully saturated rings. The number of urea groups is 1. The van der Waals surface area contributed by atoms with Crippen LogP contribution in [0.2, 0.25) is 10.0 Å². The summed E-state index contributed by atoms with van der Waals surface area (Å²) in [6, 6.07) is 4.70. The van der Waals surface area contributed by atoms with E-state index in [2.05, 4.69) is 10.6 Å². The lowest BCUT2D eigenvalue weighted by molar-refractivity contribution is 0.250. The molecule has 3 nitrogen and oxygen atoms in total. The minimum Gasteiger partial charge on any atom is -0.336 e. The Hall–Kier alpha value is -0.930. The highest BCUT2D eigenvalue weighted by atomic mass is 35.5. The topological polar surface area (TPSA) is 41.1 Å². The van der Waals surface area contributed by atoms with E-state index in [0.29, 0.717) is 15.7 Å². The van der Waals surface area contributed by atoms with E-state index in [1.54, 1.807) is 18.2 Å². The lowest BCUT2D eigenvalue weighted by Crippen LogP contribution is -2.34. The number of nitrogens with one attached hydrogen (secondary N) is 2. The van der Waals surface area contributed by atoms with Gasteiger partial charge in [0.25, 0.3) is 0 Å². The van der Waals surface area contributed by atoms with Gasteiger partial charge in [0.1, 0.15) is 0 Å². The number of hydrogen-bond donors (Lipinski definition) is 2. The number of hydrogen-bond acceptors (Lipinski definition) is 1. The molecule has 0 bridgehead atoms. The van der Waals surface area contributed by atoms with Crippen molar-refractivity contribution in [2.24, 2.45) is 0 Å². The van der Waals surface area contributed by atoms with Gasteiger partial charge in [-0.25, -0.2) is 4.79 Å². The van der Waals surface area contributed by atoms with Gasteiger partial charge in [0.05, 0.1) is 10.7 Å². The van der Waals surface area contributed by atoms with E-state index in [1.807, 2.05) is 13.8 Å². The quantitative estimate of drug-likeness (QED) is 0.824. The number of amides is 2. The molecule has 0 saturated carbocycles. The molecule has 0 unspecified atom stereocenters. The van der Waals surface area contributed by atoms with Crippen LogP contribution in [0.1, 0.15) is 13.8 Å². The van der Waals surface area contributed by atoms with Gasteiger partial charge in [-0.05, 0) is 32.0 Å². The van der Waals surface area contributed by atoms with Crippen LogP contribution in [0, 0.1) is 0 Å². The molecule has 0 spiro atoms. The molecule has 0 aliphatic heterocycles. The summed E-state index contributed by atoms with van der Waals surface area (Å²) in [5.74, 6) is 0. The van der Waals surface area contributed by atoms with Crippen molar-refractivity contribution < 1.29 is 4.79 Å². The molecular formula is C10H12Cl2N2O. The Balaban J connectivity index is 2.68. The predicted octanol–water partition coefficient (Wildman–Crippen LogP) is 3.52. The number of carbonyl (C=O) groups is 1. The van der Waals surface area contributed by atoms with Crippen LogP contribution in [0.5, 0.6) is 0 Å². The third-order valence-corrected chi connectivity index (χ3v) is 2.15. The molecule has 0 atom stereocenters. The zero-order valence-electron chi connectivity index (χ0n) is 8.47. The molecule has 0 aliphatic rings. The maximum absolute atomic E-state index is 11.3. The molecule has 0 heterocycles. The Labute approximate surface area is 98.8 Å². The van der Waals surface area contributed by atoms with E-state index in [9.17, 15) is 4.79 Å². The van der Waals surface area contributed by atoms with Gasteiger partial charge < -0.3 is 10.6 Å². The first-order valence-electron chi connectivity index (χ1n) is 4.51. The minimum absolute atomic E-state index is 0.0797. The summed E-state index contributed by atoms with van der Waals surface area (Å²) in [5, 5.41) is 6.27. The van der Waals surface area contributed by atoms with Gasteiger partial charge in [0.2, 0.25) is 0 Å². The lowest BCUT2D eigenvalue weighted by Gasteiger charge is -2.11. The summed E-state index contributed by atoms with van der Waals surface area (Å²) >= 11 is 11.6. The van der Waals surface area contributed by atoms with Gasteiger partial charge in [0, 0.05) is 11.1 Å². The third kappa shape index (κ3) is 3.98. The van der Waals surface area contributed by atoms with Crippen molar-refractivity contribution in [3.05, 3.63) is 28.2 Å². The highest BCUT2D eigenvalue weighted by Crippen LogP contribution is 2.25. The van der Waals surface area contributed by atoms with Crippen molar-refractivity contribution >= 4 is 34.9 Å². The SMILES string of the molecule is CC(C)NC(=O)Nc1ccc(Cl)cc1Cl. The molecule has 15 heavy (non-hydrogen) atoms. The zero-order valence-corrected chi connectivity index (χ0v) is 9.99. The fourth-order valence-corrected chi connectivity index (χ4v) is 1.47. The Kier molecular flexibility index (Phi) is 4.24. The van der Waals surface area contributed by atoms with Gasteiger partial charge in [-0.3, -0.25) is 0 Å². The Morgan fingerprint density at radius 2 is 2.00 bits per heavy atom. The molecule has 0 saturated heterocycles. The van der Waals surface area contributed by atoms with Crippen molar-refractivity contribution in [3.63, 3.8) is 0 Å². The van der Waals surface area contributed by atoms with Gasteiger partial charge in [-0.15, -0.1) is 0 Å². The van der Waals surface area contributed by atoms with E-state index in [4.69, 9.17) is 23.2 Å². The van der Waals surface area contributed by atoms with E-state index >= 15 is 0 Å². The number of anilines is 1. The normalized spacial score (nSPS) is 10.2. The average molecular weight is 247 g/mol. The van der Waals surface area contributed by atoms with Crippen molar-refractivity contribution in [2.75, 3.05) is 5.32 Å². The molecule has 0 radical (unpaired) electrons. The Morgan fingerprint density at radius 3 is 2.53 bits per heavy atom. The predicted molar refractivity (Wildman–Crippen MR) is 63.8 cm³/mol. The van der Waals surface area contributed by atoms with Crippen LogP contribution in [-0.2, 0) is 0 Å². The summed E-state index contributed by atoms with van der Waals surface area (Å²) in [4.78, 5) is 11.3. The largest absolute Gasteiger partial charge is 0.336 e. The average Bonchev–Trinajstić information content (AvgIpc) is 2.08. The first-order valence-corrected chi connectivity index (χ1v) is 5.27. The maximum atomic E-state index is 11.3. The fourth-order valence-electron chi connectivity index (χ4n) is 1.01. The Bertz CT molecular complexity index is 366. The van der Waals surface area contributed by atoms with E-state index < -0.39 is 0 Å². The lowest BCUT2D eigenvalue weighted by atomic mass is 10.3. The summed E-state index contributed by atoms with van der Waals surface area (Å²) in [6.45, 7) is 3.76. The Morgan fingerprint density at radius 1 is 1.33 bits per heavy atom. The van der Waals surface area contributed by atoms with Crippen LogP contribution in [0.4, 0.5) is 10.5 Å².